The van der Waals surface area contributed by atoms with Crippen molar-refractivity contribution in [2.75, 3.05) is 66.1 Å². The number of aliphatic hydroxyl groups excluding tert-OH is 2. The summed E-state index contributed by atoms with van der Waals surface area (Å²) in [6, 6.07) is 8.92. The van der Waals surface area contributed by atoms with Crippen LogP contribution in [-0.4, -0.2) is 82.3 Å². The van der Waals surface area contributed by atoms with Gasteiger partial charge in [-0.2, -0.15) is 0 Å². The van der Waals surface area contributed by atoms with Crippen molar-refractivity contribution in [1.82, 2.24) is 0 Å². The molecule has 8 nitrogen and oxygen atoms in total. The first kappa shape index (κ1) is 30.4. The molecule has 1 aromatic carbocycles. The number of hydrogen-bond donors (Lipinski definition) is 2. The van der Waals surface area contributed by atoms with Crippen molar-refractivity contribution in [3.05, 3.63) is 42.5 Å². The normalized spacial score (nSPS) is 9.63. The van der Waals surface area contributed by atoms with Crippen LogP contribution in [0.15, 0.2) is 42.5 Å². The van der Waals surface area contributed by atoms with Gasteiger partial charge in [-0.05, 0) is 32.9 Å². The molecule has 2 N–H and O–H groups in total. The Labute approximate surface area is 180 Å². The molecule has 0 spiro atoms. The van der Waals surface area contributed by atoms with Gasteiger partial charge < -0.3 is 33.9 Å². The number of carbonyl (C=O) groups excluding carboxylic acids is 1. The van der Waals surface area contributed by atoms with Gasteiger partial charge in [0.1, 0.15) is 5.75 Å². The fourth-order valence-corrected chi connectivity index (χ4v) is 1.56. The summed E-state index contributed by atoms with van der Waals surface area (Å²) in [6.07, 6.45) is 0. The first-order valence-corrected chi connectivity index (χ1v) is 9.98. The first-order valence-electron chi connectivity index (χ1n) is 9.98. The molecule has 1 rings (SSSR count). The van der Waals surface area contributed by atoms with Gasteiger partial charge in [0.15, 0.2) is 0 Å². The lowest BCUT2D eigenvalue weighted by atomic mass is 10.3. The predicted octanol–water partition coefficient (Wildman–Crippen LogP) is 2.23. The van der Waals surface area contributed by atoms with E-state index in [0.29, 0.717) is 51.0 Å². The topological polar surface area (TPSA) is 104 Å². The molecule has 174 valence electrons. The Balaban J connectivity index is 0. The molecule has 0 amide bonds. The van der Waals surface area contributed by atoms with Gasteiger partial charge in [-0.25, -0.2) is 4.79 Å². The smallest absolute Gasteiger partial charge is 0.338 e. The van der Waals surface area contributed by atoms with Gasteiger partial charge in [0.25, 0.3) is 0 Å². The van der Waals surface area contributed by atoms with Gasteiger partial charge in [0.05, 0.1) is 52.9 Å². The highest BCUT2D eigenvalue weighted by atomic mass is 16.5. The number of ether oxygens (including phenoxy) is 5. The fraction of sp³-hybridized carbons (Fsp3) is 0.591. The van der Waals surface area contributed by atoms with E-state index in [4.69, 9.17) is 33.9 Å². The standard InChI is InChI=1S/C10H10O2.C8H18O5.C4H10O/c1-8(2)10(11)12-9-6-4-3-5-7-9;9-1-3-11-5-7-13-8-6-12-4-2-10;1-3-5-4-2/h3-7H,1H2,2H3;9-10H,1-8H2;3-4H2,1-2H3. The molecule has 0 unspecified atom stereocenters. The summed E-state index contributed by atoms with van der Waals surface area (Å²) in [4.78, 5) is 11.0. The molecule has 0 saturated heterocycles. The fourth-order valence-electron chi connectivity index (χ4n) is 1.56. The van der Waals surface area contributed by atoms with E-state index in [1.807, 2.05) is 19.9 Å². The minimum absolute atomic E-state index is 0.0413. The lowest BCUT2D eigenvalue weighted by Gasteiger charge is -2.04. The quantitative estimate of drug-likeness (QED) is 0.200. The molecule has 0 bridgehead atoms. The van der Waals surface area contributed by atoms with Crippen molar-refractivity contribution in [3.63, 3.8) is 0 Å². The van der Waals surface area contributed by atoms with E-state index >= 15 is 0 Å². The highest BCUT2D eigenvalue weighted by molar-refractivity contribution is 5.88. The number of esters is 1. The van der Waals surface area contributed by atoms with Crippen molar-refractivity contribution in [1.29, 1.82) is 0 Å². The molecule has 0 saturated carbocycles. The molecule has 0 aliphatic heterocycles. The average molecular weight is 431 g/mol. The number of para-hydroxylation sites is 1. The van der Waals surface area contributed by atoms with Crippen LogP contribution in [0.5, 0.6) is 5.75 Å². The van der Waals surface area contributed by atoms with E-state index in [0.717, 1.165) is 13.2 Å². The van der Waals surface area contributed by atoms with Crippen LogP contribution in [0.3, 0.4) is 0 Å². The van der Waals surface area contributed by atoms with Gasteiger partial charge in [-0.1, -0.05) is 24.8 Å². The number of hydrogen-bond acceptors (Lipinski definition) is 8. The van der Waals surface area contributed by atoms with Crippen LogP contribution in [0.1, 0.15) is 20.8 Å². The Kier molecular flexibility index (Phi) is 25.5. The molecule has 0 aliphatic rings. The monoisotopic (exact) mass is 430 g/mol. The van der Waals surface area contributed by atoms with E-state index < -0.39 is 0 Å². The molecule has 0 heterocycles. The van der Waals surface area contributed by atoms with Crippen molar-refractivity contribution in [3.8, 4) is 5.75 Å². The van der Waals surface area contributed by atoms with Crippen molar-refractivity contribution >= 4 is 5.97 Å². The Morgan fingerprint density at radius 2 is 1.23 bits per heavy atom. The molecule has 0 aromatic heterocycles. The largest absolute Gasteiger partial charge is 0.423 e. The average Bonchev–Trinajstić information content (AvgIpc) is 2.75. The zero-order chi connectivity index (χ0) is 22.9. The molecule has 30 heavy (non-hydrogen) atoms. The van der Waals surface area contributed by atoms with Gasteiger partial charge in [0, 0.05) is 18.8 Å². The first-order chi connectivity index (χ1) is 14.5. The van der Waals surface area contributed by atoms with Crippen molar-refractivity contribution in [2.45, 2.75) is 20.8 Å². The van der Waals surface area contributed by atoms with Crippen LogP contribution in [0.4, 0.5) is 0 Å². The molecule has 0 fully saturated rings. The van der Waals surface area contributed by atoms with Crippen LogP contribution in [-0.2, 0) is 23.7 Å². The van der Waals surface area contributed by atoms with Crippen LogP contribution in [0, 0.1) is 0 Å². The summed E-state index contributed by atoms with van der Waals surface area (Å²) >= 11 is 0. The SMILES string of the molecule is C=C(C)C(=O)Oc1ccccc1.CCOCC.OCCOCCOCCOCCO. The summed E-state index contributed by atoms with van der Waals surface area (Å²) in [5.41, 5.74) is 0.402. The maximum Gasteiger partial charge on any atom is 0.338 e. The summed E-state index contributed by atoms with van der Waals surface area (Å²) in [7, 11) is 0. The minimum atomic E-state index is -0.388. The predicted molar refractivity (Wildman–Crippen MR) is 116 cm³/mol. The van der Waals surface area contributed by atoms with E-state index in [2.05, 4.69) is 6.58 Å². The van der Waals surface area contributed by atoms with Crippen LogP contribution in [0.25, 0.3) is 0 Å². The molecule has 8 heteroatoms. The highest BCUT2D eigenvalue weighted by Gasteiger charge is 2.03. The third-order valence-corrected chi connectivity index (χ3v) is 2.93. The Morgan fingerprint density at radius 3 is 1.57 bits per heavy atom. The molecule has 0 atom stereocenters. The summed E-state index contributed by atoms with van der Waals surface area (Å²) < 4.78 is 24.8. The lowest BCUT2D eigenvalue weighted by molar-refractivity contribution is -0.130. The van der Waals surface area contributed by atoms with Crippen molar-refractivity contribution in [2.24, 2.45) is 0 Å². The van der Waals surface area contributed by atoms with Crippen LogP contribution >= 0.6 is 0 Å². The second kappa shape index (κ2) is 25.2. The second-order valence-corrected chi connectivity index (χ2v) is 5.55. The lowest BCUT2D eigenvalue weighted by Crippen LogP contribution is -2.11. The van der Waals surface area contributed by atoms with Crippen LogP contribution in [0.2, 0.25) is 0 Å². The maximum atomic E-state index is 11.0. The number of benzene rings is 1. The number of aliphatic hydroxyl groups is 2. The van der Waals surface area contributed by atoms with E-state index in [1.54, 1.807) is 31.2 Å². The van der Waals surface area contributed by atoms with E-state index in [1.165, 1.54) is 0 Å². The van der Waals surface area contributed by atoms with Gasteiger partial charge >= 0.3 is 5.97 Å². The second-order valence-electron chi connectivity index (χ2n) is 5.55. The maximum absolute atomic E-state index is 11.0. The van der Waals surface area contributed by atoms with E-state index in [-0.39, 0.29) is 19.2 Å². The zero-order valence-electron chi connectivity index (χ0n) is 18.5. The number of rotatable bonds is 14. The molecule has 0 radical (unpaired) electrons. The summed E-state index contributed by atoms with van der Waals surface area (Å²) in [5.74, 6) is 0.159. The Morgan fingerprint density at radius 1 is 0.800 bits per heavy atom. The summed E-state index contributed by atoms with van der Waals surface area (Å²) in [5, 5.41) is 16.7. The summed E-state index contributed by atoms with van der Waals surface area (Å²) in [6.45, 7) is 13.5. The van der Waals surface area contributed by atoms with Gasteiger partial charge in [0.2, 0.25) is 0 Å². The van der Waals surface area contributed by atoms with E-state index in [9.17, 15) is 4.79 Å². The van der Waals surface area contributed by atoms with Gasteiger partial charge in [-0.3, -0.25) is 0 Å². The molecule has 0 aliphatic carbocycles. The molecular weight excluding hydrogens is 392 g/mol. The van der Waals surface area contributed by atoms with Crippen molar-refractivity contribution < 1.29 is 38.7 Å². The van der Waals surface area contributed by atoms with Gasteiger partial charge in [-0.15, -0.1) is 0 Å². The Bertz CT molecular complexity index is 481. The third kappa shape index (κ3) is 24.2. The minimum Gasteiger partial charge on any atom is -0.423 e. The van der Waals surface area contributed by atoms with Crippen LogP contribution < -0.4 is 4.74 Å². The molecular formula is C22H38O8. The molecule has 1 aromatic rings. The Hall–Kier alpha value is -1.81. The number of carbonyl (C=O) groups is 1. The third-order valence-electron chi connectivity index (χ3n) is 2.93. The zero-order valence-corrected chi connectivity index (χ0v) is 18.5. The highest BCUT2D eigenvalue weighted by Crippen LogP contribution is 2.09.